The Hall–Kier alpha value is -2.56. The molecule has 1 rings (SSSR count). The minimum absolute atomic E-state index is 0.143. The fourth-order valence-electron chi connectivity index (χ4n) is 1.19. The summed E-state index contributed by atoms with van der Waals surface area (Å²) < 4.78 is 9.47. The number of carbonyl (C=O) groups is 2. The molecule has 0 saturated carbocycles. The van der Waals surface area contributed by atoms with Crippen molar-refractivity contribution in [3.05, 3.63) is 48.6 Å². The molecule has 0 fully saturated rings. The van der Waals surface area contributed by atoms with Gasteiger partial charge >= 0.3 is 11.9 Å². The second-order valence-corrected chi connectivity index (χ2v) is 3.57. The lowest BCUT2D eigenvalue weighted by atomic mass is 10.2. The van der Waals surface area contributed by atoms with E-state index < -0.39 is 18.2 Å². The highest BCUT2D eigenvalue weighted by Gasteiger charge is 2.09. The number of rotatable bonds is 5. The zero-order valence-electron chi connectivity index (χ0n) is 10.4. The summed E-state index contributed by atoms with van der Waals surface area (Å²) >= 11 is 0. The van der Waals surface area contributed by atoms with Crippen LogP contribution in [0.4, 0.5) is 0 Å². The highest BCUT2D eigenvalue weighted by atomic mass is 16.7. The second kappa shape index (κ2) is 7.00. The van der Waals surface area contributed by atoms with E-state index in [9.17, 15) is 9.59 Å². The number of hydrogen-bond acceptors (Lipinski definition) is 5. The Morgan fingerprint density at radius 3 is 2.37 bits per heavy atom. The van der Waals surface area contributed by atoms with Gasteiger partial charge in [0.15, 0.2) is 0 Å². The summed E-state index contributed by atoms with van der Waals surface area (Å²) in [5, 5.41) is 9.09. The van der Waals surface area contributed by atoms with Crippen molar-refractivity contribution in [2.45, 2.75) is 13.2 Å². The molecule has 0 amide bonds. The zero-order chi connectivity index (χ0) is 14.3. The van der Waals surface area contributed by atoms with Crippen molar-refractivity contribution in [1.29, 1.82) is 0 Å². The second-order valence-electron chi connectivity index (χ2n) is 3.57. The van der Waals surface area contributed by atoms with Gasteiger partial charge in [-0.15, -0.1) is 0 Å². The minimum atomic E-state index is -0.984. The third kappa shape index (κ3) is 5.54. The third-order valence-corrected chi connectivity index (χ3v) is 2.04. The van der Waals surface area contributed by atoms with E-state index >= 15 is 0 Å². The maximum Gasteiger partial charge on any atom is 0.333 e. The molecule has 5 nitrogen and oxygen atoms in total. The van der Waals surface area contributed by atoms with Crippen LogP contribution >= 0.6 is 0 Å². The Morgan fingerprint density at radius 1 is 1.21 bits per heavy atom. The van der Waals surface area contributed by atoms with Gasteiger partial charge in [-0.25, -0.2) is 9.59 Å². The molecule has 0 heterocycles. The van der Waals surface area contributed by atoms with Crippen molar-refractivity contribution >= 4 is 18.0 Å². The maximum absolute atomic E-state index is 11.4. The number of benzene rings is 1. The Bertz CT molecular complexity index is 487. The van der Waals surface area contributed by atoms with E-state index in [0.29, 0.717) is 0 Å². The lowest BCUT2D eigenvalue weighted by Crippen LogP contribution is -2.19. The Morgan fingerprint density at radius 2 is 1.79 bits per heavy atom. The molecular weight excluding hydrogens is 248 g/mol. The van der Waals surface area contributed by atoms with E-state index in [-0.39, 0.29) is 5.75 Å². The molecule has 0 radical (unpaired) electrons. The topological polar surface area (TPSA) is 72.8 Å². The van der Waals surface area contributed by atoms with Gasteiger partial charge in [0.05, 0.1) is 0 Å². The predicted molar refractivity (Wildman–Crippen MR) is 69.0 cm³/mol. The first kappa shape index (κ1) is 14.5. The standard InChI is InChI=1S/C14H14O5/c1-3-13(16)18-10(2)19-14(17)9-6-11-4-7-12(15)8-5-11/h3-10,15H,1H2,2H3. The Kier molecular flexibility index (Phi) is 5.35. The van der Waals surface area contributed by atoms with Crippen molar-refractivity contribution in [3.8, 4) is 5.75 Å². The van der Waals surface area contributed by atoms with Crippen LogP contribution in [0.5, 0.6) is 5.75 Å². The van der Waals surface area contributed by atoms with E-state index in [2.05, 4.69) is 11.3 Å². The van der Waals surface area contributed by atoms with Gasteiger partial charge in [0.25, 0.3) is 0 Å². The van der Waals surface area contributed by atoms with Crippen LogP contribution in [0, 0.1) is 0 Å². The van der Waals surface area contributed by atoms with E-state index in [1.807, 2.05) is 0 Å². The highest BCUT2D eigenvalue weighted by molar-refractivity contribution is 5.87. The van der Waals surface area contributed by atoms with Crippen molar-refractivity contribution in [2.24, 2.45) is 0 Å². The van der Waals surface area contributed by atoms with E-state index in [1.54, 1.807) is 12.1 Å². The van der Waals surface area contributed by atoms with Crippen LogP contribution in [-0.2, 0) is 19.1 Å². The SMILES string of the molecule is C=CC(=O)OC(C)OC(=O)C=Cc1ccc(O)cc1. The fourth-order valence-corrected chi connectivity index (χ4v) is 1.19. The van der Waals surface area contributed by atoms with Crippen LogP contribution in [0.1, 0.15) is 12.5 Å². The highest BCUT2D eigenvalue weighted by Crippen LogP contribution is 2.10. The molecule has 1 unspecified atom stereocenters. The molecule has 19 heavy (non-hydrogen) atoms. The summed E-state index contributed by atoms with van der Waals surface area (Å²) in [6.45, 7) is 4.65. The Balaban J connectivity index is 2.48. The summed E-state index contributed by atoms with van der Waals surface area (Å²) in [5.41, 5.74) is 0.727. The van der Waals surface area contributed by atoms with Gasteiger partial charge in [-0.2, -0.15) is 0 Å². The van der Waals surface area contributed by atoms with Crippen molar-refractivity contribution in [3.63, 3.8) is 0 Å². The number of hydrogen-bond donors (Lipinski definition) is 1. The van der Waals surface area contributed by atoms with Crippen LogP contribution in [0.25, 0.3) is 6.08 Å². The zero-order valence-corrected chi connectivity index (χ0v) is 10.4. The molecule has 0 aliphatic rings. The average molecular weight is 262 g/mol. The lowest BCUT2D eigenvalue weighted by Gasteiger charge is -2.11. The number of esters is 2. The summed E-state index contributed by atoms with van der Waals surface area (Å²) in [4.78, 5) is 22.2. The van der Waals surface area contributed by atoms with Crippen molar-refractivity contribution in [2.75, 3.05) is 0 Å². The quantitative estimate of drug-likeness (QED) is 0.499. The minimum Gasteiger partial charge on any atom is -0.508 e. The molecule has 1 aromatic rings. The number of aromatic hydroxyl groups is 1. The van der Waals surface area contributed by atoms with Gasteiger partial charge in [-0.1, -0.05) is 18.7 Å². The normalized spacial score (nSPS) is 11.8. The number of carbonyl (C=O) groups excluding carboxylic acids is 2. The largest absolute Gasteiger partial charge is 0.508 e. The van der Waals surface area contributed by atoms with Gasteiger partial charge < -0.3 is 14.6 Å². The van der Waals surface area contributed by atoms with Gasteiger partial charge in [-0.05, 0) is 23.8 Å². The van der Waals surface area contributed by atoms with Gasteiger partial charge in [-0.3, -0.25) is 0 Å². The first-order valence-corrected chi connectivity index (χ1v) is 5.52. The van der Waals surface area contributed by atoms with Gasteiger partial charge in [0.1, 0.15) is 5.75 Å². The fraction of sp³-hybridized carbons (Fsp3) is 0.143. The predicted octanol–water partition coefficient (Wildman–Crippen LogP) is 2.02. The Labute approximate surface area is 110 Å². The lowest BCUT2D eigenvalue weighted by molar-refractivity contribution is -0.177. The first-order chi connectivity index (χ1) is 9.01. The molecule has 0 aliphatic carbocycles. The van der Waals surface area contributed by atoms with Crippen LogP contribution < -0.4 is 0 Å². The molecule has 0 aromatic heterocycles. The average Bonchev–Trinajstić information content (AvgIpc) is 2.37. The molecule has 1 aromatic carbocycles. The van der Waals surface area contributed by atoms with E-state index in [0.717, 1.165) is 11.6 Å². The summed E-state index contributed by atoms with van der Waals surface area (Å²) in [7, 11) is 0. The van der Waals surface area contributed by atoms with Crippen LogP contribution in [-0.4, -0.2) is 23.3 Å². The number of phenolic OH excluding ortho intramolecular Hbond substituents is 1. The van der Waals surface area contributed by atoms with Crippen LogP contribution in [0.15, 0.2) is 43.0 Å². The van der Waals surface area contributed by atoms with Crippen molar-refractivity contribution < 1.29 is 24.2 Å². The molecular formula is C14H14O5. The molecule has 5 heteroatoms. The molecule has 1 N–H and O–H groups in total. The third-order valence-electron chi connectivity index (χ3n) is 2.04. The van der Waals surface area contributed by atoms with Crippen molar-refractivity contribution in [1.82, 2.24) is 0 Å². The number of phenols is 1. The van der Waals surface area contributed by atoms with Crippen LogP contribution in [0.2, 0.25) is 0 Å². The molecule has 0 aliphatic heterocycles. The molecule has 0 saturated heterocycles. The number of ether oxygens (including phenoxy) is 2. The summed E-state index contributed by atoms with van der Waals surface area (Å²) in [6, 6.07) is 6.28. The summed E-state index contributed by atoms with van der Waals surface area (Å²) in [6.07, 6.45) is 2.72. The molecule has 0 bridgehead atoms. The van der Waals surface area contributed by atoms with E-state index in [1.165, 1.54) is 31.2 Å². The van der Waals surface area contributed by atoms with Crippen LogP contribution in [0.3, 0.4) is 0 Å². The first-order valence-electron chi connectivity index (χ1n) is 5.52. The van der Waals surface area contributed by atoms with Gasteiger partial charge in [0, 0.05) is 19.1 Å². The molecule has 100 valence electrons. The van der Waals surface area contributed by atoms with Gasteiger partial charge in [0.2, 0.25) is 6.29 Å². The van der Waals surface area contributed by atoms with E-state index in [4.69, 9.17) is 9.84 Å². The molecule has 1 atom stereocenters. The molecule has 0 spiro atoms. The summed E-state index contributed by atoms with van der Waals surface area (Å²) in [5.74, 6) is -1.16. The maximum atomic E-state index is 11.4. The smallest absolute Gasteiger partial charge is 0.333 e. The monoisotopic (exact) mass is 262 g/mol.